The second-order valence-corrected chi connectivity index (χ2v) is 18.7. The van der Waals surface area contributed by atoms with Crippen molar-refractivity contribution in [1.82, 2.24) is 9.88 Å². The molecule has 3 aromatic rings. The van der Waals surface area contributed by atoms with Crippen LogP contribution in [0.5, 0.6) is 5.75 Å². The number of Topliss-reactive ketones (excluding diaryl/α,β-unsaturated/α-hetero) is 1. The van der Waals surface area contributed by atoms with Gasteiger partial charge < -0.3 is 23.4 Å². The van der Waals surface area contributed by atoms with Crippen LogP contribution in [0.3, 0.4) is 0 Å². The quantitative estimate of drug-likeness (QED) is 0.0909. The van der Waals surface area contributed by atoms with E-state index in [1.54, 1.807) is 11.0 Å². The number of allylic oxidation sites excluding steroid dienone is 1. The molecular formula is C42H53N2O8P. The second kappa shape index (κ2) is 15.5. The van der Waals surface area contributed by atoms with E-state index in [0.29, 0.717) is 12.2 Å². The maximum atomic E-state index is 14.8. The third kappa shape index (κ3) is 8.01. The minimum atomic E-state index is -3.69. The van der Waals surface area contributed by atoms with Crippen molar-refractivity contribution < 1.29 is 37.5 Å². The van der Waals surface area contributed by atoms with Crippen molar-refractivity contribution in [2.45, 2.75) is 102 Å². The zero-order valence-corrected chi connectivity index (χ0v) is 32.7. The molecule has 5 atom stereocenters. The molecule has 0 N–H and O–H groups in total. The number of esters is 1. The van der Waals surface area contributed by atoms with Gasteiger partial charge in [-0.15, -0.1) is 6.58 Å². The lowest BCUT2D eigenvalue weighted by Gasteiger charge is -2.35. The van der Waals surface area contributed by atoms with E-state index in [-0.39, 0.29) is 49.5 Å². The molecule has 1 saturated heterocycles. The van der Waals surface area contributed by atoms with Crippen LogP contribution in [0.2, 0.25) is 0 Å². The van der Waals surface area contributed by atoms with E-state index in [1.807, 2.05) is 82.3 Å². The largest absolute Gasteiger partial charge is 0.488 e. The number of aryl methyl sites for hydroxylation is 1. The van der Waals surface area contributed by atoms with Gasteiger partial charge in [0, 0.05) is 44.1 Å². The molecule has 0 bridgehead atoms. The SMILES string of the molecule is C=C[C@@H]1C[C@]1(CC(=O)[C@@H]1C[C@@H](Oc2cc(-c3ccccc3)nc3cc(C)ccc23)CN1C(=O)[C@@H](CC(=O)OC1CCCC1)C(C)(C)C)P(=O)(OC)OC. The summed E-state index contributed by atoms with van der Waals surface area (Å²) in [6.07, 6.45) is 5.12. The Labute approximate surface area is 313 Å². The van der Waals surface area contributed by atoms with E-state index in [1.165, 1.54) is 14.2 Å². The topological polar surface area (TPSA) is 121 Å². The van der Waals surface area contributed by atoms with Crippen molar-refractivity contribution >= 4 is 36.2 Å². The number of aromatic nitrogens is 1. The maximum absolute atomic E-state index is 14.8. The fourth-order valence-electron chi connectivity index (χ4n) is 8.24. The lowest BCUT2D eigenvalue weighted by Crippen LogP contribution is -2.48. The van der Waals surface area contributed by atoms with Crippen LogP contribution in [0.15, 0.2) is 67.3 Å². The average molecular weight is 745 g/mol. The van der Waals surface area contributed by atoms with E-state index in [4.69, 9.17) is 23.5 Å². The highest BCUT2D eigenvalue weighted by Gasteiger charge is 2.67. The van der Waals surface area contributed by atoms with Crippen molar-refractivity contribution in [2.75, 3.05) is 20.8 Å². The normalized spacial score (nSPS) is 23.9. The molecule has 2 aliphatic carbocycles. The summed E-state index contributed by atoms with van der Waals surface area (Å²) in [5, 5.41) is -0.251. The van der Waals surface area contributed by atoms with Gasteiger partial charge in [0.05, 0.1) is 41.3 Å². The zero-order chi connectivity index (χ0) is 38.1. The van der Waals surface area contributed by atoms with Gasteiger partial charge in [-0.1, -0.05) is 63.2 Å². The summed E-state index contributed by atoms with van der Waals surface area (Å²) in [6, 6.07) is 16.9. The predicted molar refractivity (Wildman–Crippen MR) is 205 cm³/mol. The molecule has 1 aliphatic heterocycles. The van der Waals surface area contributed by atoms with Gasteiger partial charge in [0.25, 0.3) is 0 Å². The first-order valence-electron chi connectivity index (χ1n) is 18.7. The molecule has 2 saturated carbocycles. The van der Waals surface area contributed by atoms with Crippen LogP contribution in [0, 0.1) is 24.2 Å². The Bertz CT molecular complexity index is 1890. The number of carbonyl (C=O) groups excluding carboxylic acids is 3. The molecule has 10 nitrogen and oxygen atoms in total. The van der Waals surface area contributed by atoms with Crippen LogP contribution in [0.1, 0.15) is 77.7 Å². The molecule has 3 aliphatic rings. The number of fused-ring (bicyclic) bond motifs is 1. The average Bonchev–Trinajstić information content (AvgIpc) is 3.40. The van der Waals surface area contributed by atoms with Crippen LogP contribution >= 0.6 is 7.60 Å². The summed E-state index contributed by atoms with van der Waals surface area (Å²) < 4.78 is 37.3. The summed E-state index contributed by atoms with van der Waals surface area (Å²) in [4.78, 5) is 49.1. The molecule has 0 radical (unpaired) electrons. The number of likely N-dealkylation sites (tertiary alicyclic amines) is 1. The summed E-state index contributed by atoms with van der Waals surface area (Å²) in [7, 11) is -1.04. The third-order valence-corrected chi connectivity index (χ3v) is 14.1. The van der Waals surface area contributed by atoms with Crippen molar-refractivity contribution in [3.05, 3.63) is 72.8 Å². The van der Waals surface area contributed by atoms with Crippen molar-refractivity contribution in [1.29, 1.82) is 0 Å². The van der Waals surface area contributed by atoms with Crippen LogP contribution in [-0.4, -0.2) is 71.7 Å². The van der Waals surface area contributed by atoms with Crippen LogP contribution in [0.25, 0.3) is 22.2 Å². The molecule has 6 rings (SSSR count). The Morgan fingerprint density at radius 3 is 2.36 bits per heavy atom. The molecule has 1 amide bonds. The number of nitrogens with zero attached hydrogens (tertiary/aromatic N) is 2. The van der Waals surface area contributed by atoms with E-state index in [2.05, 4.69) is 6.58 Å². The monoisotopic (exact) mass is 744 g/mol. The highest BCUT2D eigenvalue weighted by molar-refractivity contribution is 7.56. The Morgan fingerprint density at radius 2 is 1.74 bits per heavy atom. The molecule has 0 spiro atoms. The van der Waals surface area contributed by atoms with Crippen molar-refractivity contribution in [3.63, 3.8) is 0 Å². The van der Waals surface area contributed by atoms with Gasteiger partial charge in [-0.3, -0.25) is 18.9 Å². The molecule has 2 heterocycles. The first-order chi connectivity index (χ1) is 25.2. The first-order valence-corrected chi connectivity index (χ1v) is 20.3. The van der Waals surface area contributed by atoms with Crippen LogP contribution in [-0.2, 0) is 32.7 Å². The number of carbonyl (C=O) groups is 3. The molecule has 284 valence electrons. The number of ether oxygens (including phenoxy) is 2. The Kier molecular flexibility index (Phi) is 11.4. The maximum Gasteiger partial charge on any atom is 0.337 e. The van der Waals surface area contributed by atoms with E-state index in [9.17, 15) is 18.9 Å². The lowest BCUT2D eigenvalue weighted by molar-refractivity contribution is -0.156. The summed E-state index contributed by atoms with van der Waals surface area (Å²) in [5.41, 5.74) is 2.89. The van der Waals surface area contributed by atoms with Gasteiger partial charge in [-0.2, -0.15) is 0 Å². The smallest absolute Gasteiger partial charge is 0.337 e. The van der Waals surface area contributed by atoms with Crippen LogP contribution < -0.4 is 4.74 Å². The molecular weight excluding hydrogens is 691 g/mol. The van der Waals surface area contributed by atoms with Gasteiger partial charge in [-0.25, -0.2) is 4.98 Å². The Morgan fingerprint density at radius 1 is 1.04 bits per heavy atom. The Hall–Kier alpha value is -3.85. The molecule has 1 aromatic heterocycles. The number of hydrogen-bond acceptors (Lipinski definition) is 9. The summed E-state index contributed by atoms with van der Waals surface area (Å²) in [5.74, 6) is -1.37. The number of pyridine rings is 1. The van der Waals surface area contributed by atoms with E-state index >= 15 is 0 Å². The number of benzene rings is 2. The number of hydrogen-bond donors (Lipinski definition) is 0. The van der Waals surface area contributed by atoms with Crippen molar-refractivity contribution in [3.8, 4) is 17.0 Å². The van der Waals surface area contributed by atoms with Crippen molar-refractivity contribution in [2.24, 2.45) is 17.3 Å². The Balaban J connectivity index is 1.34. The van der Waals surface area contributed by atoms with Gasteiger partial charge in [0.15, 0.2) is 5.78 Å². The molecule has 11 heteroatoms. The highest BCUT2D eigenvalue weighted by Crippen LogP contribution is 2.75. The standard InChI is InChI=1S/C42H53N2O8P/c1-8-29-24-42(29,53(48,49-6)50-7)25-37(45)36-21-31(26-44(36)40(47)33(41(3,4)5)22-39(46)52-30-16-12-13-17-30)51-38-23-34(28-14-10-9-11-15-28)43-35-20-27(2)18-19-32(35)38/h8-11,14-15,18-20,23,29-31,33,36H,1,12-13,16-17,21-22,24-26H2,2-7H3/t29-,31-,33-,36+,42-/m1/s1. The predicted octanol–water partition coefficient (Wildman–Crippen LogP) is 8.49. The summed E-state index contributed by atoms with van der Waals surface area (Å²) in [6.45, 7) is 11.8. The third-order valence-electron chi connectivity index (χ3n) is 11.4. The summed E-state index contributed by atoms with van der Waals surface area (Å²) >= 11 is 0. The molecule has 0 unspecified atom stereocenters. The van der Waals surface area contributed by atoms with Gasteiger partial charge in [0.1, 0.15) is 18.0 Å². The minimum Gasteiger partial charge on any atom is -0.488 e. The number of rotatable bonds is 14. The lowest BCUT2D eigenvalue weighted by atomic mass is 9.77. The fourth-order valence-corrected chi connectivity index (χ4v) is 10.4. The molecule has 3 fully saturated rings. The molecule has 53 heavy (non-hydrogen) atoms. The van der Waals surface area contributed by atoms with Crippen LogP contribution in [0.4, 0.5) is 0 Å². The number of amides is 1. The molecule has 2 aromatic carbocycles. The van der Waals surface area contributed by atoms with E-state index in [0.717, 1.165) is 53.4 Å². The fraction of sp³-hybridized carbons (Fsp3) is 0.524. The minimum absolute atomic E-state index is 0.0957. The van der Waals surface area contributed by atoms with Gasteiger partial charge in [-0.05, 0) is 68.1 Å². The number of ketones is 1. The zero-order valence-electron chi connectivity index (χ0n) is 31.8. The van der Waals surface area contributed by atoms with Gasteiger partial charge >= 0.3 is 13.6 Å². The first kappa shape index (κ1) is 38.9. The van der Waals surface area contributed by atoms with E-state index < -0.39 is 42.2 Å². The van der Waals surface area contributed by atoms with Gasteiger partial charge in [0.2, 0.25) is 5.91 Å². The highest BCUT2D eigenvalue weighted by atomic mass is 31.2. The second-order valence-electron chi connectivity index (χ2n) is 16.0.